The third-order valence-corrected chi connectivity index (χ3v) is 3.37. The minimum Gasteiger partial charge on any atom is -0.504 e. The number of hydrogen-bond acceptors (Lipinski definition) is 6. The van der Waals surface area contributed by atoms with Crippen molar-refractivity contribution in [2.75, 3.05) is 5.32 Å². The van der Waals surface area contributed by atoms with Crippen LogP contribution in [0.4, 0.5) is 11.4 Å². The van der Waals surface area contributed by atoms with Gasteiger partial charge in [-0.2, -0.15) is 0 Å². The second kappa shape index (κ2) is 5.84. The SMILES string of the molecule is N=c1oc2c(O)cccc2cc1C(=O)Nc1ccccc1[N+](=O)[O-]. The summed E-state index contributed by atoms with van der Waals surface area (Å²) in [6.07, 6.45) is 0. The second-order valence-corrected chi connectivity index (χ2v) is 4.91. The number of nitro groups is 1. The maximum atomic E-state index is 12.4. The first-order valence-electron chi connectivity index (χ1n) is 6.82. The highest BCUT2D eigenvalue weighted by Gasteiger charge is 2.18. The predicted molar refractivity (Wildman–Crippen MR) is 84.8 cm³/mol. The van der Waals surface area contributed by atoms with Crippen LogP contribution < -0.4 is 10.9 Å². The van der Waals surface area contributed by atoms with Gasteiger partial charge in [0.05, 0.1) is 4.92 Å². The van der Waals surface area contributed by atoms with Crippen LogP contribution in [-0.4, -0.2) is 15.9 Å². The molecule has 0 radical (unpaired) electrons. The molecule has 0 aliphatic carbocycles. The summed E-state index contributed by atoms with van der Waals surface area (Å²) >= 11 is 0. The number of aromatic hydroxyl groups is 1. The van der Waals surface area contributed by atoms with Crippen LogP contribution in [0, 0.1) is 15.5 Å². The first kappa shape index (κ1) is 15.2. The summed E-state index contributed by atoms with van der Waals surface area (Å²) < 4.78 is 5.18. The lowest BCUT2D eigenvalue weighted by Crippen LogP contribution is -2.21. The van der Waals surface area contributed by atoms with Gasteiger partial charge in [-0.25, -0.2) is 0 Å². The molecule has 3 N–H and O–H groups in total. The maximum absolute atomic E-state index is 12.4. The van der Waals surface area contributed by atoms with E-state index in [1.807, 2.05) is 0 Å². The predicted octanol–water partition coefficient (Wildman–Crippen LogP) is 2.78. The minimum absolute atomic E-state index is 0.0166. The van der Waals surface area contributed by atoms with E-state index < -0.39 is 16.4 Å². The summed E-state index contributed by atoms with van der Waals surface area (Å²) in [7, 11) is 0. The second-order valence-electron chi connectivity index (χ2n) is 4.91. The lowest BCUT2D eigenvalue weighted by atomic mass is 10.1. The van der Waals surface area contributed by atoms with Gasteiger partial charge in [0.1, 0.15) is 11.3 Å². The largest absolute Gasteiger partial charge is 0.504 e. The molecule has 1 heterocycles. The molecule has 24 heavy (non-hydrogen) atoms. The molecule has 3 rings (SSSR count). The zero-order valence-electron chi connectivity index (χ0n) is 12.1. The van der Waals surface area contributed by atoms with Crippen LogP contribution >= 0.6 is 0 Å². The number of carbonyl (C=O) groups excluding carboxylic acids is 1. The summed E-state index contributed by atoms with van der Waals surface area (Å²) in [6, 6.07) is 11.7. The van der Waals surface area contributed by atoms with Crippen LogP contribution in [0.1, 0.15) is 10.4 Å². The molecule has 0 atom stereocenters. The molecule has 0 saturated carbocycles. The third kappa shape index (κ3) is 2.68. The Morgan fingerprint density at radius 3 is 2.71 bits per heavy atom. The number of rotatable bonds is 3. The Bertz CT molecular complexity index is 1030. The smallest absolute Gasteiger partial charge is 0.292 e. The molecule has 0 aliphatic rings. The summed E-state index contributed by atoms with van der Waals surface area (Å²) in [6.45, 7) is 0. The molecule has 8 heteroatoms. The van der Waals surface area contributed by atoms with Crippen molar-refractivity contribution >= 4 is 28.3 Å². The zero-order chi connectivity index (χ0) is 17.3. The number of nitrogens with one attached hydrogen (secondary N) is 2. The van der Waals surface area contributed by atoms with Crippen molar-refractivity contribution in [1.29, 1.82) is 5.41 Å². The fourth-order valence-corrected chi connectivity index (χ4v) is 2.24. The third-order valence-electron chi connectivity index (χ3n) is 3.37. The average molecular weight is 325 g/mol. The van der Waals surface area contributed by atoms with E-state index in [-0.39, 0.29) is 28.3 Å². The highest BCUT2D eigenvalue weighted by Crippen LogP contribution is 2.25. The van der Waals surface area contributed by atoms with Gasteiger partial charge in [-0.3, -0.25) is 20.3 Å². The number of carbonyl (C=O) groups is 1. The number of anilines is 1. The quantitative estimate of drug-likeness (QED) is 0.503. The molecular formula is C16H11N3O5. The molecule has 8 nitrogen and oxygen atoms in total. The fourth-order valence-electron chi connectivity index (χ4n) is 2.24. The maximum Gasteiger partial charge on any atom is 0.292 e. The van der Waals surface area contributed by atoms with Gasteiger partial charge in [-0.15, -0.1) is 0 Å². The van der Waals surface area contributed by atoms with Crippen LogP contribution in [0.2, 0.25) is 0 Å². The number of hydrogen-bond donors (Lipinski definition) is 3. The van der Waals surface area contributed by atoms with Crippen LogP contribution in [0.15, 0.2) is 52.9 Å². The molecule has 0 unspecified atom stereocenters. The van der Waals surface area contributed by atoms with Gasteiger partial charge in [-0.1, -0.05) is 24.3 Å². The number of nitrogens with zero attached hydrogens (tertiary/aromatic N) is 1. The number of phenols is 1. The summed E-state index contributed by atoms with van der Waals surface area (Å²) in [5, 5.41) is 31.3. The Morgan fingerprint density at radius 2 is 1.96 bits per heavy atom. The standard InChI is InChI=1S/C16H11N3O5/c17-15-10(8-9-4-3-7-13(20)14(9)24-15)16(21)18-11-5-1-2-6-12(11)19(22)23/h1-8,17,20H,(H,18,21). The van der Waals surface area contributed by atoms with Crippen molar-refractivity contribution < 1.29 is 19.2 Å². The van der Waals surface area contributed by atoms with Gasteiger partial charge < -0.3 is 14.8 Å². The number of phenolic OH excluding ortho intramolecular Hbond substituents is 1. The molecule has 3 aromatic rings. The van der Waals surface area contributed by atoms with Gasteiger partial charge in [0.2, 0.25) is 5.55 Å². The van der Waals surface area contributed by atoms with Crippen molar-refractivity contribution in [1.82, 2.24) is 0 Å². The van der Waals surface area contributed by atoms with Crippen LogP contribution in [-0.2, 0) is 0 Å². The van der Waals surface area contributed by atoms with Crippen LogP contribution in [0.25, 0.3) is 11.0 Å². The van der Waals surface area contributed by atoms with Crippen molar-refractivity contribution in [3.8, 4) is 5.75 Å². The van der Waals surface area contributed by atoms with E-state index in [1.54, 1.807) is 18.2 Å². The summed E-state index contributed by atoms with van der Waals surface area (Å²) in [4.78, 5) is 22.7. The number of nitro benzene ring substituents is 1. The Balaban J connectivity index is 2.02. The Kier molecular flexibility index (Phi) is 3.70. The number of amides is 1. The summed E-state index contributed by atoms with van der Waals surface area (Å²) in [5.74, 6) is -0.866. The van der Waals surface area contributed by atoms with Crippen molar-refractivity contribution in [3.05, 3.63) is 69.8 Å². The number of para-hydroxylation sites is 3. The van der Waals surface area contributed by atoms with Gasteiger partial charge in [-0.05, 0) is 18.2 Å². The minimum atomic E-state index is -0.719. The monoisotopic (exact) mass is 325 g/mol. The first-order chi connectivity index (χ1) is 11.5. The molecule has 0 bridgehead atoms. The lowest BCUT2D eigenvalue weighted by molar-refractivity contribution is -0.383. The highest BCUT2D eigenvalue weighted by molar-refractivity contribution is 6.06. The molecular weight excluding hydrogens is 314 g/mol. The first-order valence-corrected chi connectivity index (χ1v) is 6.82. The van der Waals surface area contributed by atoms with Gasteiger partial charge in [0.15, 0.2) is 11.3 Å². The molecule has 1 aromatic heterocycles. The number of fused-ring (bicyclic) bond motifs is 1. The molecule has 0 aliphatic heterocycles. The van der Waals surface area contributed by atoms with Crippen LogP contribution in [0.5, 0.6) is 5.75 Å². The molecule has 1 amide bonds. The average Bonchev–Trinajstić information content (AvgIpc) is 2.55. The lowest BCUT2D eigenvalue weighted by Gasteiger charge is -2.07. The highest BCUT2D eigenvalue weighted by atomic mass is 16.6. The van der Waals surface area contributed by atoms with Gasteiger partial charge in [0.25, 0.3) is 11.6 Å². The van der Waals surface area contributed by atoms with E-state index in [0.29, 0.717) is 5.39 Å². The van der Waals surface area contributed by atoms with E-state index in [1.165, 1.54) is 30.3 Å². The molecule has 120 valence electrons. The van der Waals surface area contributed by atoms with E-state index in [4.69, 9.17) is 9.83 Å². The van der Waals surface area contributed by atoms with Crippen LogP contribution in [0.3, 0.4) is 0 Å². The number of benzene rings is 2. The van der Waals surface area contributed by atoms with Crippen molar-refractivity contribution in [2.24, 2.45) is 0 Å². The molecule has 0 spiro atoms. The Hall–Kier alpha value is -3.68. The van der Waals surface area contributed by atoms with Gasteiger partial charge in [0, 0.05) is 11.5 Å². The zero-order valence-corrected chi connectivity index (χ0v) is 12.1. The molecule has 2 aromatic carbocycles. The normalized spacial score (nSPS) is 10.5. The molecule has 0 saturated heterocycles. The van der Waals surface area contributed by atoms with E-state index in [9.17, 15) is 20.0 Å². The fraction of sp³-hybridized carbons (Fsp3) is 0. The van der Waals surface area contributed by atoms with E-state index in [0.717, 1.165) is 0 Å². The van der Waals surface area contributed by atoms with E-state index >= 15 is 0 Å². The topological polar surface area (TPSA) is 129 Å². The Morgan fingerprint density at radius 1 is 1.21 bits per heavy atom. The Labute approximate surface area is 134 Å². The summed E-state index contributed by atoms with van der Waals surface area (Å²) in [5.41, 5.74) is -0.716. The van der Waals surface area contributed by atoms with E-state index in [2.05, 4.69) is 5.32 Å². The van der Waals surface area contributed by atoms with Crippen molar-refractivity contribution in [3.63, 3.8) is 0 Å². The molecule has 0 fully saturated rings. The van der Waals surface area contributed by atoms with Crippen molar-refractivity contribution in [2.45, 2.75) is 0 Å². The van der Waals surface area contributed by atoms with Gasteiger partial charge >= 0.3 is 0 Å².